The SMILES string of the molecule is O=C(O)c1cc(F)ccc1NCC1CCCCC1CO. The third kappa shape index (κ3) is 3.48. The number of benzene rings is 1. The Balaban J connectivity index is 2.04. The summed E-state index contributed by atoms with van der Waals surface area (Å²) in [5.41, 5.74) is 0.377. The molecule has 0 radical (unpaired) electrons. The van der Waals surface area contributed by atoms with Crippen LogP contribution in [0.3, 0.4) is 0 Å². The Morgan fingerprint density at radius 2 is 2.00 bits per heavy atom. The van der Waals surface area contributed by atoms with Crippen LogP contribution in [-0.2, 0) is 0 Å². The lowest BCUT2D eigenvalue weighted by Crippen LogP contribution is -2.29. The molecule has 0 bridgehead atoms. The van der Waals surface area contributed by atoms with E-state index in [1.165, 1.54) is 12.1 Å². The zero-order valence-electron chi connectivity index (χ0n) is 11.3. The highest BCUT2D eigenvalue weighted by Crippen LogP contribution is 2.30. The molecule has 1 fully saturated rings. The van der Waals surface area contributed by atoms with E-state index < -0.39 is 11.8 Å². The van der Waals surface area contributed by atoms with Gasteiger partial charge in [0.05, 0.1) is 5.56 Å². The van der Waals surface area contributed by atoms with Gasteiger partial charge in [0.1, 0.15) is 5.82 Å². The van der Waals surface area contributed by atoms with Gasteiger partial charge in [0, 0.05) is 18.8 Å². The molecule has 4 nitrogen and oxygen atoms in total. The number of aliphatic hydroxyl groups excluding tert-OH is 1. The zero-order valence-corrected chi connectivity index (χ0v) is 11.3. The van der Waals surface area contributed by atoms with Gasteiger partial charge in [0.25, 0.3) is 0 Å². The van der Waals surface area contributed by atoms with Gasteiger partial charge in [-0.25, -0.2) is 9.18 Å². The molecule has 0 aromatic heterocycles. The van der Waals surface area contributed by atoms with Crippen molar-refractivity contribution in [3.63, 3.8) is 0 Å². The predicted octanol–water partition coefficient (Wildman–Crippen LogP) is 2.73. The molecular weight excluding hydrogens is 261 g/mol. The number of aromatic carboxylic acids is 1. The summed E-state index contributed by atoms with van der Waals surface area (Å²) >= 11 is 0. The van der Waals surface area contributed by atoms with E-state index in [1.54, 1.807) is 0 Å². The van der Waals surface area contributed by atoms with Crippen molar-refractivity contribution in [3.05, 3.63) is 29.6 Å². The minimum Gasteiger partial charge on any atom is -0.478 e. The maximum absolute atomic E-state index is 13.1. The minimum atomic E-state index is -1.14. The summed E-state index contributed by atoms with van der Waals surface area (Å²) in [6, 6.07) is 3.73. The van der Waals surface area contributed by atoms with E-state index in [4.69, 9.17) is 5.11 Å². The summed E-state index contributed by atoms with van der Waals surface area (Å²) in [5.74, 6) is -1.10. The Labute approximate surface area is 117 Å². The molecule has 3 N–H and O–H groups in total. The van der Waals surface area contributed by atoms with E-state index in [-0.39, 0.29) is 18.1 Å². The fourth-order valence-corrected chi connectivity index (χ4v) is 2.88. The number of aliphatic hydroxyl groups is 1. The lowest BCUT2D eigenvalue weighted by Gasteiger charge is -2.30. The molecule has 1 aliphatic carbocycles. The van der Waals surface area contributed by atoms with Crippen LogP contribution in [0.25, 0.3) is 0 Å². The van der Waals surface area contributed by atoms with Gasteiger partial charge in [-0.05, 0) is 42.9 Å². The van der Waals surface area contributed by atoms with E-state index in [0.717, 1.165) is 31.7 Å². The van der Waals surface area contributed by atoms with Crippen molar-refractivity contribution in [1.82, 2.24) is 0 Å². The van der Waals surface area contributed by atoms with Gasteiger partial charge in [-0.15, -0.1) is 0 Å². The van der Waals surface area contributed by atoms with Crippen LogP contribution >= 0.6 is 0 Å². The molecule has 2 unspecified atom stereocenters. The fraction of sp³-hybridized carbons (Fsp3) is 0.533. The van der Waals surface area contributed by atoms with Crippen LogP contribution in [-0.4, -0.2) is 29.3 Å². The molecule has 1 aromatic rings. The summed E-state index contributed by atoms with van der Waals surface area (Å²) < 4.78 is 13.1. The first kappa shape index (κ1) is 14.8. The molecule has 2 rings (SSSR count). The molecule has 1 aromatic carbocycles. The Hall–Kier alpha value is -1.62. The average molecular weight is 281 g/mol. The number of carboxylic acids is 1. The quantitative estimate of drug-likeness (QED) is 0.776. The molecule has 0 aliphatic heterocycles. The van der Waals surface area contributed by atoms with Crippen molar-refractivity contribution in [2.24, 2.45) is 11.8 Å². The number of halogens is 1. The Kier molecular flexibility index (Phi) is 4.95. The summed E-state index contributed by atoms with van der Waals surface area (Å²) in [4.78, 5) is 11.1. The fourth-order valence-electron chi connectivity index (χ4n) is 2.88. The predicted molar refractivity (Wildman–Crippen MR) is 74.4 cm³/mol. The number of carboxylic acid groups (broad SMARTS) is 1. The molecule has 110 valence electrons. The van der Waals surface area contributed by atoms with Gasteiger partial charge < -0.3 is 15.5 Å². The highest BCUT2D eigenvalue weighted by Gasteiger charge is 2.24. The summed E-state index contributed by atoms with van der Waals surface area (Å²) in [6.45, 7) is 0.776. The zero-order chi connectivity index (χ0) is 14.5. The van der Waals surface area contributed by atoms with Crippen LogP contribution in [0.5, 0.6) is 0 Å². The topological polar surface area (TPSA) is 69.6 Å². The first-order chi connectivity index (χ1) is 9.61. The van der Waals surface area contributed by atoms with Gasteiger partial charge in [-0.1, -0.05) is 12.8 Å². The third-order valence-corrected chi connectivity index (χ3v) is 4.07. The number of hydrogen-bond acceptors (Lipinski definition) is 3. The van der Waals surface area contributed by atoms with Crippen LogP contribution in [0.1, 0.15) is 36.0 Å². The second-order valence-electron chi connectivity index (χ2n) is 5.36. The second kappa shape index (κ2) is 6.70. The average Bonchev–Trinajstić information content (AvgIpc) is 2.46. The summed E-state index contributed by atoms with van der Waals surface area (Å²) in [7, 11) is 0. The maximum Gasteiger partial charge on any atom is 0.337 e. The second-order valence-corrected chi connectivity index (χ2v) is 5.36. The van der Waals surface area contributed by atoms with Crippen molar-refractivity contribution in [3.8, 4) is 0 Å². The number of carbonyl (C=O) groups is 1. The number of hydrogen-bond donors (Lipinski definition) is 3. The number of nitrogens with one attached hydrogen (secondary N) is 1. The third-order valence-electron chi connectivity index (χ3n) is 4.07. The van der Waals surface area contributed by atoms with E-state index in [0.29, 0.717) is 18.2 Å². The molecule has 0 heterocycles. The molecule has 0 saturated heterocycles. The van der Waals surface area contributed by atoms with Crippen LogP contribution < -0.4 is 5.32 Å². The first-order valence-corrected chi connectivity index (χ1v) is 6.99. The van der Waals surface area contributed by atoms with Crippen molar-refractivity contribution >= 4 is 11.7 Å². The van der Waals surface area contributed by atoms with Crippen molar-refractivity contribution < 1.29 is 19.4 Å². The van der Waals surface area contributed by atoms with Crippen LogP contribution in [0.15, 0.2) is 18.2 Å². The molecule has 20 heavy (non-hydrogen) atoms. The number of anilines is 1. The van der Waals surface area contributed by atoms with Crippen molar-refractivity contribution in [1.29, 1.82) is 0 Å². The molecule has 1 saturated carbocycles. The Bertz CT molecular complexity index is 478. The molecule has 1 aliphatic rings. The molecule has 0 amide bonds. The Morgan fingerprint density at radius 1 is 1.30 bits per heavy atom. The lowest BCUT2D eigenvalue weighted by atomic mass is 9.79. The largest absolute Gasteiger partial charge is 0.478 e. The van der Waals surface area contributed by atoms with E-state index >= 15 is 0 Å². The van der Waals surface area contributed by atoms with Crippen molar-refractivity contribution in [2.45, 2.75) is 25.7 Å². The highest BCUT2D eigenvalue weighted by molar-refractivity contribution is 5.94. The maximum atomic E-state index is 13.1. The molecule has 5 heteroatoms. The Morgan fingerprint density at radius 3 is 2.65 bits per heavy atom. The molecule has 2 atom stereocenters. The lowest BCUT2D eigenvalue weighted by molar-refractivity contribution is 0.0697. The van der Waals surface area contributed by atoms with Crippen LogP contribution in [0, 0.1) is 17.7 Å². The van der Waals surface area contributed by atoms with Crippen molar-refractivity contribution in [2.75, 3.05) is 18.5 Å². The standard InChI is InChI=1S/C15H20FNO3/c16-12-5-6-14(13(7-12)15(19)20)17-8-10-3-1-2-4-11(10)9-18/h5-7,10-11,17-18H,1-4,8-9H2,(H,19,20). The van der Waals surface area contributed by atoms with Crippen LogP contribution in [0.2, 0.25) is 0 Å². The summed E-state index contributed by atoms with van der Waals surface area (Å²) in [5, 5.41) is 21.5. The van der Waals surface area contributed by atoms with Gasteiger partial charge in [-0.2, -0.15) is 0 Å². The minimum absolute atomic E-state index is 0.0543. The van der Waals surface area contributed by atoms with E-state index in [1.807, 2.05) is 0 Å². The van der Waals surface area contributed by atoms with Gasteiger partial charge in [0.15, 0.2) is 0 Å². The van der Waals surface area contributed by atoms with Gasteiger partial charge in [-0.3, -0.25) is 0 Å². The molecular formula is C15H20FNO3. The van der Waals surface area contributed by atoms with E-state index in [2.05, 4.69) is 5.32 Å². The first-order valence-electron chi connectivity index (χ1n) is 6.99. The highest BCUT2D eigenvalue weighted by atomic mass is 19.1. The summed E-state index contributed by atoms with van der Waals surface area (Å²) in [6.07, 6.45) is 4.32. The van der Waals surface area contributed by atoms with E-state index in [9.17, 15) is 14.3 Å². The monoisotopic (exact) mass is 281 g/mol. The molecule has 0 spiro atoms. The van der Waals surface area contributed by atoms with Gasteiger partial charge >= 0.3 is 5.97 Å². The normalized spacial score (nSPS) is 22.5. The van der Waals surface area contributed by atoms with Crippen LogP contribution in [0.4, 0.5) is 10.1 Å². The smallest absolute Gasteiger partial charge is 0.337 e. The van der Waals surface area contributed by atoms with Gasteiger partial charge in [0.2, 0.25) is 0 Å². The number of rotatable bonds is 5.